The van der Waals surface area contributed by atoms with Crippen molar-refractivity contribution in [3.05, 3.63) is 0 Å². The van der Waals surface area contributed by atoms with E-state index >= 15 is 0 Å². The van der Waals surface area contributed by atoms with Gasteiger partial charge in [-0.15, -0.1) is 0 Å². The van der Waals surface area contributed by atoms with Crippen LogP contribution in [0.25, 0.3) is 0 Å². The maximum atomic E-state index is 5.65. The Labute approximate surface area is 76.0 Å². The van der Waals surface area contributed by atoms with E-state index in [4.69, 9.17) is 32.7 Å². The van der Waals surface area contributed by atoms with Gasteiger partial charge in [-0.2, -0.15) is 0 Å². The van der Waals surface area contributed by atoms with Gasteiger partial charge in [-0.1, -0.05) is 0 Å². The fraction of sp³-hybridized carbons (Fsp3) is 0.750. The molecule has 1 fully saturated rings. The maximum absolute atomic E-state index is 5.65. The Morgan fingerprint density at radius 2 is 2.11 bits per heavy atom. The summed E-state index contributed by atoms with van der Waals surface area (Å²) in [5.74, 6) is 0. The van der Waals surface area contributed by atoms with Crippen LogP contribution in [0.3, 0.4) is 0 Å². The summed E-state index contributed by atoms with van der Waals surface area (Å²) in [6.07, 6.45) is 0. The zero-order valence-electron chi connectivity index (χ0n) is 4.69. The monoisotopic (exact) mass is 276 g/mol. The Kier molecular flexibility index (Phi) is 2.80. The summed E-state index contributed by atoms with van der Waals surface area (Å²) >= 11 is 11.8. The average Bonchev–Trinajstić information content (AvgIpc) is 1.77. The van der Waals surface area contributed by atoms with Crippen molar-refractivity contribution >= 4 is 49.0 Å². The van der Waals surface area contributed by atoms with Crippen LogP contribution in [0, 0.1) is 0 Å². The number of ether oxygens (including phenoxy) is 2. The van der Waals surface area contributed by atoms with Gasteiger partial charge in [-0.05, 0) is 0 Å². The summed E-state index contributed by atoms with van der Waals surface area (Å²) in [7, 11) is 0. The first-order valence-electron chi connectivity index (χ1n) is 2.47. The summed E-state index contributed by atoms with van der Waals surface area (Å²) in [5, 5.41) is 0. The van der Waals surface area contributed by atoms with E-state index in [9.17, 15) is 0 Å². The van der Waals surface area contributed by atoms with Crippen molar-refractivity contribution < 1.29 is 9.47 Å². The van der Waals surface area contributed by atoms with Crippen LogP contribution in [-0.2, 0) is 9.47 Å². The fourth-order valence-electron chi connectivity index (χ4n) is 0.499. The van der Waals surface area contributed by atoms with E-state index in [2.05, 4.69) is 0 Å². The normalized spacial score (nSPS) is 26.2. The molecule has 52 valence electrons. The average molecular weight is 276 g/mol. The van der Waals surface area contributed by atoms with Gasteiger partial charge in [0.15, 0.2) is 0 Å². The molecule has 0 aromatic carbocycles. The molecule has 0 radical (unpaired) electrons. The number of halogens is 2. The van der Waals surface area contributed by atoms with E-state index < -0.39 is 4.52 Å². The Bertz CT molecular complexity index is 137. The summed E-state index contributed by atoms with van der Waals surface area (Å²) in [6.45, 7) is 1.05. The summed E-state index contributed by atoms with van der Waals surface area (Å²) < 4.78 is 9.62. The molecule has 0 aromatic rings. The molecule has 0 spiro atoms. The molecule has 0 N–H and O–H groups in total. The second-order valence-corrected chi connectivity index (χ2v) is 4.73. The summed E-state index contributed by atoms with van der Waals surface area (Å²) in [5.41, 5.74) is 0. The third-order valence-electron chi connectivity index (χ3n) is 0.968. The number of hydrogen-bond donors (Lipinski definition) is 0. The van der Waals surface area contributed by atoms with Gasteiger partial charge in [0.05, 0.1) is 0 Å². The van der Waals surface area contributed by atoms with Crippen LogP contribution >= 0.6 is 23.2 Å². The topological polar surface area (TPSA) is 18.5 Å². The summed E-state index contributed by atoms with van der Waals surface area (Å²) in [6, 6.07) is 0. The first-order chi connectivity index (χ1) is 4.13. The minimum atomic E-state index is -1.15. The SMILES string of the molecule is ClC1(Cl)OCCO[C]1=[SnH2]. The molecule has 9 heavy (non-hydrogen) atoms. The molecular formula is C4H6Cl2O2Sn. The molecule has 1 heterocycles. The molecule has 0 unspecified atom stereocenters. The molecule has 0 aromatic heterocycles. The standard InChI is InChI=1S/C4H4Cl2O2.Sn.2H/c5-4(6)3-7-1-2-8-4;;;/h1-2H2;;;. The molecular weight excluding hydrogens is 270 g/mol. The van der Waals surface area contributed by atoms with Crippen LogP contribution in [-0.4, -0.2) is 43.5 Å². The van der Waals surface area contributed by atoms with Crippen LogP contribution in [0.4, 0.5) is 0 Å². The quantitative estimate of drug-likeness (QED) is 0.455. The van der Waals surface area contributed by atoms with E-state index in [0.717, 1.165) is 0 Å². The molecule has 1 aliphatic heterocycles. The van der Waals surface area contributed by atoms with Crippen molar-refractivity contribution in [2.75, 3.05) is 13.2 Å². The van der Waals surface area contributed by atoms with Gasteiger partial charge in [-0.25, -0.2) is 0 Å². The number of alkyl halides is 2. The second-order valence-electron chi connectivity index (χ2n) is 1.64. The van der Waals surface area contributed by atoms with Crippen LogP contribution in [0.15, 0.2) is 0 Å². The van der Waals surface area contributed by atoms with Gasteiger partial charge >= 0.3 is 76.2 Å². The van der Waals surface area contributed by atoms with Gasteiger partial charge in [0.25, 0.3) is 0 Å². The van der Waals surface area contributed by atoms with Crippen LogP contribution < -0.4 is 0 Å². The molecule has 5 heteroatoms. The van der Waals surface area contributed by atoms with Gasteiger partial charge < -0.3 is 0 Å². The fourth-order valence-corrected chi connectivity index (χ4v) is 1.47. The number of hydrogen-bond acceptors (Lipinski definition) is 2. The molecule has 0 saturated carbocycles. The molecule has 1 aliphatic rings. The van der Waals surface area contributed by atoms with Crippen LogP contribution in [0.1, 0.15) is 0 Å². The van der Waals surface area contributed by atoms with Crippen molar-refractivity contribution in [2.24, 2.45) is 0 Å². The predicted octanol–water partition coefficient (Wildman–Crippen LogP) is -0.0724. The van der Waals surface area contributed by atoms with Gasteiger partial charge in [0.2, 0.25) is 0 Å². The van der Waals surface area contributed by atoms with E-state index in [1.54, 1.807) is 0 Å². The Balaban J connectivity index is 2.60. The molecule has 0 amide bonds. The Morgan fingerprint density at radius 3 is 2.44 bits per heavy atom. The Morgan fingerprint density at radius 1 is 1.44 bits per heavy atom. The van der Waals surface area contributed by atoms with Crippen molar-refractivity contribution in [3.63, 3.8) is 0 Å². The van der Waals surface area contributed by atoms with Gasteiger partial charge in [0, 0.05) is 0 Å². The van der Waals surface area contributed by atoms with Crippen molar-refractivity contribution in [2.45, 2.75) is 4.52 Å². The van der Waals surface area contributed by atoms with Crippen LogP contribution in [0.5, 0.6) is 0 Å². The van der Waals surface area contributed by atoms with Crippen molar-refractivity contribution in [3.8, 4) is 0 Å². The molecule has 0 atom stereocenters. The minimum absolute atomic E-state index is 0.476. The van der Waals surface area contributed by atoms with Crippen molar-refractivity contribution in [1.82, 2.24) is 0 Å². The van der Waals surface area contributed by atoms with E-state index in [0.29, 0.717) is 39.0 Å². The Hall–Kier alpha value is 1.17. The summed E-state index contributed by atoms with van der Waals surface area (Å²) in [4.78, 5) is 0. The first-order valence-corrected chi connectivity index (χ1v) is 5.24. The molecule has 0 aliphatic carbocycles. The number of rotatable bonds is 0. The van der Waals surface area contributed by atoms with Gasteiger partial charge in [-0.3, -0.25) is 0 Å². The first kappa shape index (κ1) is 8.27. The molecule has 1 rings (SSSR count). The zero-order chi connectivity index (χ0) is 6.91. The molecule has 2 nitrogen and oxygen atoms in total. The van der Waals surface area contributed by atoms with Crippen LogP contribution in [0.2, 0.25) is 0 Å². The molecule has 1 saturated heterocycles. The van der Waals surface area contributed by atoms with Gasteiger partial charge in [0.1, 0.15) is 0 Å². The van der Waals surface area contributed by atoms with E-state index in [1.165, 1.54) is 0 Å². The van der Waals surface area contributed by atoms with E-state index in [-0.39, 0.29) is 0 Å². The predicted molar refractivity (Wildman–Crippen MR) is 39.9 cm³/mol. The zero-order valence-corrected chi connectivity index (χ0v) is 10.2. The third-order valence-corrected chi connectivity index (χ3v) is 4.89. The van der Waals surface area contributed by atoms with Crippen molar-refractivity contribution in [1.29, 1.82) is 0 Å². The molecule has 0 bridgehead atoms. The van der Waals surface area contributed by atoms with E-state index in [1.807, 2.05) is 0 Å². The third kappa shape index (κ3) is 2.05. The second kappa shape index (κ2) is 3.05.